The number of hydrogen-bond donors (Lipinski definition) is 0. The second kappa shape index (κ2) is 5.53. The Hall–Kier alpha value is 0.826. The average Bonchev–Trinajstić information content (AvgIpc) is 1.85. The van der Waals surface area contributed by atoms with Crippen molar-refractivity contribution in [1.29, 1.82) is 0 Å². The van der Waals surface area contributed by atoms with E-state index >= 15 is 0 Å². The molecular formula is C10H22Ge2. The molecule has 0 rings (SSSR count). The van der Waals surface area contributed by atoms with Crippen LogP contribution in [0, 0.1) is 0 Å². The zero-order valence-electron chi connectivity index (χ0n) is 9.58. The van der Waals surface area contributed by atoms with Crippen LogP contribution in [0.15, 0.2) is 11.1 Å². The maximum atomic E-state index is 2.52. The molecule has 0 saturated carbocycles. The third kappa shape index (κ3) is 3.69. The molecule has 0 aliphatic heterocycles. The third-order valence-corrected chi connectivity index (χ3v) is 21.6. The fourth-order valence-corrected chi connectivity index (χ4v) is 21.6. The fourth-order valence-electron chi connectivity index (χ4n) is 1.73. The predicted molar refractivity (Wildman–Crippen MR) is 62.8 cm³/mol. The van der Waals surface area contributed by atoms with Crippen LogP contribution in [0.1, 0.15) is 20.8 Å². The second-order valence-corrected chi connectivity index (χ2v) is 18.3. The Morgan fingerprint density at radius 1 is 0.833 bits per heavy atom. The van der Waals surface area contributed by atoms with Crippen LogP contribution in [0.4, 0.5) is 0 Å². The van der Waals surface area contributed by atoms with E-state index in [9.17, 15) is 0 Å². The normalized spacial score (nSPS) is 11.5. The molecule has 0 aromatic carbocycles. The molecule has 0 bridgehead atoms. The minimum absolute atomic E-state index is 0.697. The summed E-state index contributed by atoms with van der Waals surface area (Å²) in [5.41, 5.74) is 3.30. The third-order valence-electron chi connectivity index (χ3n) is 2.38. The first-order valence-corrected chi connectivity index (χ1v) is 15.4. The minimum atomic E-state index is -0.697. The summed E-state index contributed by atoms with van der Waals surface area (Å²) in [6.07, 6.45) is 0. The van der Waals surface area contributed by atoms with Crippen LogP contribution in [0.3, 0.4) is 0 Å². The second-order valence-electron chi connectivity index (χ2n) is 4.27. The molecule has 0 unspecified atom stereocenters. The molecule has 0 spiro atoms. The van der Waals surface area contributed by atoms with Gasteiger partial charge >= 0.3 is 87.2 Å². The molecule has 0 aliphatic carbocycles. The van der Waals surface area contributed by atoms with Crippen molar-refractivity contribution >= 4 is 28.7 Å². The summed E-state index contributed by atoms with van der Waals surface area (Å²) in [4.78, 5) is 0. The van der Waals surface area contributed by atoms with Crippen molar-refractivity contribution in [3.8, 4) is 0 Å². The van der Waals surface area contributed by atoms with E-state index in [1.807, 2.05) is 0 Å². The van der Waals surface area contributed by atoms with Gasteiger partial charge in [-0.3, -0.25) is 0 Å². The van der Waals surface area contributed by atoms with Gasteiger partial charge in [0.25, 0.3) is 0 Å². The summed E-state index contributed by atoms with van der Waals surface area (Å²) >= 11 is -1.39. The van der Waals surface area contributed by atoms with Gasteiger partial charge in [-0.15, -0.1) is 0 Å². The van der Waals surface area contributed by atoms with Gasteiger partial charge in [-0.25, -0.2) is 0 Å². The number of rotatable bonds is 3. The van der Waals surface area contributed by atoms with Crippen LogP contribution in [0.5, 0.6) is 0 Å². The van der Waals surface area contributed by atoms with Gasteiger partial charge in [0.05, 0.1) is 0 Å². The first-order valence-electron chi connectivity index (χ1n) is 4.62. The molecule has 0 N–H and O–H groups in total. The Balaban J connectivity index is 4.64. The SMILES string of the molecule is CC(C)=C(C)[CH]([Ge]([CH3])[CH3])[Ge]([CH3])[CH3]. The molecule has 0 fully saturated rings. The van der Waals surface area contributed by atoms with Gasteiger partial charge in [0.1, 0.15) is 0 Å². The van der Waals surface area contributed by atoms with Crippen LogP contribution in [0.2, 0.25) is 26.6 Å². The van der Waals surface area contributed by atoms with Crippen molar-refractivity contribution in [3.63, 3.8) is 0 Å². The van der Waals surface area contributed by atoms with E-state index in [0.717, 1.165) is 3.58 Å². The molecule has 0 saturated heterocycles. The van der Waals surface area contributed by atoms with Crippen molar-refractivity contribution in [1.82, 2.24) is 0 Å². The van der Waals surface area contributed by atoms with Gasteiger partial charge in [-0.2, -0.15) is 0 Å². The zero-order valence-corrected chi connectivity index (χ0v) is 13.8. The van der Waals surface area contributed by atoms with Crippen LogP contribution < -0.4 is 0 Å². The Morgan fingerprint density at radius 3 is 1.25 bits per heavy atom. The average molecular weight is 288 g/mol. The molecule has 2 heteroatoms. The zero-order chi connectivity index (χ0) is 9.89. The van der Waals surface area contributed by atoms with E-state index in [0.29, 0.717) is 0 Å². The van der Waals surface area contributed by atoms with E-state index in [4.69, 9.17) is 0 Å². The molecule has 70 valence electrons. The van der Waals surface area contributed by atoms with E-state index < -0.39 is 28.7 Å². The molecule has 2 radical (unpaired) electrons. The van der Waals surface area contributed by atoms with Crippen LogP contribution in [-0.4, -0.2) is 28.7 Å². The Kier molecular flexibility index (Phi) is 5.91. The molecule has 0 amide bonds. The van der Waals surface area contributed by atoms with Crippen molar-refractivity contribution in [2.75, 3.05) is 0 Å². The Morgan fingerprint density at radius 2 is 1.17 bits per heavy atom. The van der Waals surface area contributed by atoms with E-state index in [1.165, 1.54) is 0 Å². The Bertz CT molecular complexity index is 157. The molecule has 0 aromatic rings. The topological polar surface area (TPSA) is 0 Å². The first kappa shape index (κ1) is 12.8. The molecular weight excluding hydrogens is 265 g/mol. The van der Waals surface area contributed by atoms with Crippen LogP contribution in [-0.2, 0) is 0 Å². The van der Waals surface area contributed by atoms with Gasteiger partial charge in [0.15, 0.2) is 0 Å². The van der Waals surface area contributed by atoms with E-state index in [-0.39, 0.29) is 0 Å². The van der Waals surface area contributed by atoms with Crippen LogP contribution in [0.25, 0.3) is 0 Å². The fraction of sp³-hybridized carbons (Fsp3) is 0.800. The summed E-state index contributed by atoms with van der Waals surface area (Å²) in [5.74, 6) is 10.1. The maximum absolute atomic E-state index is 2.52. The summed E-state index contributed by atoms with van der Waals surface area (Å²) in [5, 5.41) is 0. The molecule has 0 nitrogen and oxygen atoms in total. The molecule has 0 aliphatic rings. The van der Waals surface area contributed by atoms with Crippen molar-refractivity contribution in [2.24, 2.45) is 0 Å². The van der Waals surface area contributed by atoms with Gasteiger partial charge in [-0.05, 0) is 0 Å². The van der Waals surface area contributed by atoms with Gasteiger partial charge < -0.3 is 0 Å². The standard InChI is InChI=1S/C10H22Ge2/c1-8(2)9(3)10(11(4)5)12(6)7/h10H,1-7H3. The van der Waals surface area contributed by atoms with Crippen LogP contribution >= 0.6 is 0 Å². The van der Waals surface area contributed by atoms with Crippen molar-refractivity contribution < 1.29 is 0 Å². The molecule has 0 aromatic heterocycles. The summed E-state index contributed by atoms with van der Waals surface area (Å²) in [7, 11) is 0. The monoisotopic (exact) mass is 290 g/mol. The Labute approximate surface area is 87.0 Å². The van der Waals surface area contributed by atoms with Gasteiger partial charge in [-0.1, -0.05) is 0 Å². The van der Waals surface area contributed by atoms with E-state index in [1.54, 1.807) is 11.1 Å². The summed E-state index contributed by atoms with van der Waals surface area (Å²) in [6.45, 7) is 6.90. The van der Waals surface area contributed by atoms with Gasteiger partial charge in [0.2, 0.25) is 0 Å². The first-order chi connectivity index (χ1) is 5.37. The number of allylic oxidation sites excluding steroid dienone is 2. The summed E-state index contributed by atoms with van der Waals surface area (Å²) < 4.78 is 1.09. The van der Waals surface area contributed by atoms with Crippen molar-refractivity contribution in [3.05, 3.63) is 11.1 Å². The summed E-state index contributed by atoms with van der Waals surface area (Å²) in [6, 6.07) is 0. The van der Waals surface area contributed by atoms with E-state index in [2.05, 4.69) is 43.8 Å². The van der Waals surface area contributed by atoms with Crippen molar-refractivity contribution in [2.45, 2.75) is 47.4 Å². The number of hydrogen-bond acceptors (Lipinski definition) is 0. The molecule has 0 atom stereocenters. The quantitative estimate of drug-likeness (QED) is 0.548. The molecule has 12 heavy (non-hydrogen) atoms. The molecule has 0 heterocycles. The van der Waals surface area contributed by atoms with Gasteiger partial charge in [0, 0.05) is 0 Å². The predicted octanol–water partition coefficient (Wildman–Crippen LogP) is 3.76.